The Morgan fingerprint density at radius 1 is 1.16 bits per heavy atom. The zero-order valence-electron chi connectivity index (χ0n) is 14.4. The molecule has 2 aromatic carbocycles. The number of hydrogen-bond donors (Lipinski definition) is 2. The van der Waals surface area contributed by atoms with Crippen LogP contribution < -0.4 is 10.6 Å². The summed E-state index contributed by atoms with van der Waals surface area (Å²) in [5.41, 5.74) is 4.64. The van der Waals surface area contributed by atoms with Gasteiger partial charge in [0.15, 0.2) is 0 Å². The summed E-state index contributed by atoms with van der Waals surface area (Å²) in [7, 11) is 0. The van der Waals surface area contributed by atoms with Gasteiger partial charge in [-0.05, 0) is 29.2 Å². The SMILES string of the molecule is Cc1cc(CNC(=O)N2CCNC(=O)CC2)ccc1-c1ccccc1. The van der Waals surface area contributed by atoms with Crippen LogP contribution in [0.25, 0.3) is 11.1 Å². The minimum atomic E-state index is -0.124. The van der Waals surface area contributed by atoms with Crippen molar-refractivity contribution in [1.29, 1.82) is 0 Å². The summed E-state index contributed by atoms with van der Waals surface area (Å²) in [6.45, 7) is 4.08. The van der Waals surface area contributed by atoms with E-state index in [9.17, 15) is 9.59 Å². The second kappa shape index (κ2) is 7.83. The molecule has 5 nitrogen and oxygen atoms in total. The fourth-order valence-electron chi connectivity index (χ4n) is 3.04. The highest BCUT2D eigenvalue weighted by atomic mass is 16.2. The molecule has 1 heterocycles. The molecular formula is C20H23N3O2. The Labute approximate surface area is 148 Å². The lowest BCUT2D eigenvalue weighted by molar-refractivity contribution is -0.120. The molecule has 0 radical (unpaired) electrons. The van der Waals surface area contributed by atoms with Crippen molar-refractivity contribution in [3.8, 4) is 11.1 Å². The minimum Gasteiger partial charge on any atom is -0.354 e. The highest BCUT2D eigenvalue weighted by Gasteiger charge is 2.17. The molecule has 0 saturated carbocycles. The Morgan fingerprint density at radius 2 is 1.96 bits per heavy atom. The van der Waals surface area contributed by atoms with E-state index in [0.717, 1.165) is 5.56 Å². The van der Waals surface area contributed by atoms with Crippen molar-refractivity contribution in [1.82, 2.24) is 15.5 Å². The van der Waals surface area contributed by atoms with E-state index < -0.39 is 0 Å². The normalized spacial score (nSPS) is 14.6. The number of urea groups is 1. The Morgan fingerprint density at radius 3 is 2.72 bits per heavy atom. The van der Waals surface area contributed by atoms with Crippen LogP contribution in [-0.2, 0) is 11.3 Å². The van der Waals surface area contributed by atoms with E-state index in [1.54, 1.807) is 4.90 Å². The van der Waals surface area contributed by atoms with Crippen LogP contribution in [0.15, 0.2) is 48.5 Å². The second-order valence-corrected chi connectivity index (χ2v) is 6.26. The molecule has 0 aromatic heterocycles. The zero-order chi connectivity index (χ0) is 17.6. The minimum absolute atomic E-state index is 0.00225. The molecule has 0 atom stereocenters. The summed E-state index contributed by atoms with van der Waals surface area (Å²) < 4.78 is 0. The van der Waals surface area contributed by atoms with E-state index in [4.69, 9.17) is 0 Å². The first kappa shape index (κ1) is 17.0. The summed E-state index contributed by atoms with van der Waals surface area (Å²) >= 11 is 0. The summed E-state index contributed by atoms with van der Waals surface area (Å²) in [5.74, 6) is 0.00225. The van der Waals surface area contributed by atoms with Crippen molar-refractivity contribution in [2.24, 2.45) is 0 Å². The predicted molar refractivity (Wildman–Crippen MR) is 98.1 cm³/mol. The van der Waals surface area contributed by atoms with Crippen molar-refractivity contribution < 1.29 is 9.59 Å². The number of nitrogens with zero attached hydrogens (tertiary/aromatic N) is 1. The summed E-state index contributed by atoms with van der Waals surface area (Å²) in [4.78, 5) is 25.3. The van der Waals surface area contributed by atoms with Gasteiger partial charge < -0.3 is 15.5 Å². The second-order valence-electron chi connectivity index (χ2n) is 6.26. The molecular weight excluding hydrogens is 314 g/mol. The van der Waals surface area contributed by atoms with Crippen LogP contribution in [0.4, 0.5) is 4.79 Å². The molecule has 0 unspecified atom stereocenters. The van der Waals surface area contributed by atoms with Gasteiger partial charge in [0.1, 0.15) is 0 Å². The summed E-state index contributed by atoms with van der Waals surface area (Å²) in [6, 6.07) is 16.4. The van der Waals surface area contributed by atoms with Crippen LogP contribution in [0.2, 0.25) is 0 Å². The van der Waals surface area contributed by atoms with Gasteiger partial charge in [0.25, 0.3) is 0 Å². The molecule has 1 aliphatic heterocycles. The Bertz CT molecular complexity index is 759. The molecule has 1 aliphatic rings. The number of amides is 3. The number of aryl methyl sites for hydroxylation is 1. The quantitative estimate of drug-likeness (QED) is 0.905. The first-order chi connectivity index (χ1) is 12.1. The lowest BCUT2D eigenvalue weighted by Gasteiger charge is -2.20. The predicted octanol–water partition coefficient (Wildman–Crippen LogP) is 2.69. The number of hydrogen-bond acceptors (Lipinski definition) is 2. The molecule has 25 heavy (non-hydrogen) atoms. The first-order valence-electron chi connectivity index (χ1n) is 8.58. The molecule has 0 spiro atoms. The third-order valence-electron chi connectivity index (χ3n) is 4.42. The lowest BCUT2D eigenvalue weighted by Crippen LogP contribution is -2.41. The van der Waals surface area contributed by atoms with Crippen LogP contribution >= 0.6 is 0 Å². The number of carbonyl (C=O) groups is 2. The van der Waals surface area contributed by atoms with Gasteiger partial charge in [-0.2, -0.15) is 0 Å². The first-order valence-corrected chi connectivity index (χ1v) is 8.58. The smallest absolute Gasteiger partial charge is 0.317 e. The molecule has 3 amide bonds. The van der Waals surface area contributed by atoms with E-state index in [1.807, 2.05) is 24.3 Å². The third kappa shape index (κ3) is 4.38. The van der Waals surface area contributed by atoms with Crippen LogP contribution in [0.1, 0.15) is 17.5 Å². The van der Waals surface area contributed by atoms with Gasteiger partial charge in [0.05, 0.1) is 0 Å². The maximum Gasteiger partial charge on any atom is 0.317 e. The van der Waals surface area contributed by atoms with Crippen molar-refractivity contribution in [3.05, 3.63) is 59.7 Å². The fourth-order valence-corrected chi connectivity index (χ4v) is 3.04. The summed E-state index contributed by atoms with van der Waals surface area (Å²) in [5, 5.41) is 5.72. The topological polar surface area (TPSA) is 61.4 Å². The average Bonchev–Trinajstić information content (AvgIpc) is 2.85. The zero-order valence-corrected chi connectivity index (χ0v) is 14.4. The average molecular weight is 337 g/mol. The molecule has 0 bridgehead atoms. The van der Waals surface area contributed by atoms with Gasteiger partial charge in [0.2, 0.25) is 5.91 Å². The van der Waals surface area contributed by atoms with Gasteiger partial charge >= 0.3 is 6.03 Å². The van der Waals surface area contributed by atoms with Crippen molar-refractivity contribution in [2.75, 3.05) is 19.6 Å². The molecule has 0 aliphatic carbocycles. The van der Waals surface area contributed by atoms with E-state index in [2.05, 4.69) is 41.8 Å². The van der Waals surface area contributed by atoms with Gasteiger partial charge in [-0.25, -0.2) is 4.79 Å². The van der Waals surface area contributed by atoms with Gasteiger partial charge in [-0.1, -0.05) is 48.5 Å². The highest BCUT2D eigenvalue weighted by molar-refractivity contribution is 5.79. The van der Waals surface area contributed by atoms with Crippen LogP contribution in [-0.4, -0.2) is 36.5 Å². The van der Waals surface area contributed by atoms with Crippen LogP contribution in [0.3, 0.4) is 0 Å². The third-order valence-corrected chi connectivity index (χ3v) is 4.42. The van der Waals surface area contributed by atoms with E-state index in [1.165, 1.54) is 16.7 Å². The molecule has 3 rings (SSSR count). The van der Waals surface area contributed by atoms with Crippen LogP contribution in [0.5, 0.6) is 0 Å². The Kier molecular flexibility index (Phi) is 5.33. The van der Waals surface area contributed by atoms with Crippen molar-refractivity contribution in [2.45, 2.75) is 19.9 Å². The molecule has 130 valence electrons. The number of nitrogens with one attached hydrogen (secondary N) is 2. The van der Waals surface area contributed by atoms with E-state index >= 15 is 0 Å². The van der Waals surface area contributed by atoms with Crippen LogP contribution in [0, 0.1) is 6.92 Å². The monoisotopic (exact) mass is 337 g/mol. The van der Waals surface area contributed by atoms with E-state index in [0.29, 0.717) is 32.6 Å². The van der Waals surface area contributed by atoms with Gasteiger partial charge in [-0.15, -0.1) is 0 Å². The maximum absolute atomic E-state index is 12.3. The van der Waals surface area contributed by atoms with Crippen molar-refractivity contribution in [3.63, 3.8) is 0 Å². The molecule has 5 heteroatoms. The number of rotatable bonds is 3. The molecule has 1 fully saturated rings. The Hall–Kier alpha value is -2.82. The molecule has 1 saturated heterocycles. The molecule has 2 aromatic rings. The fraction of sp³-hybridized carbons (Fsp3) is 0.300. The van der Waals surface area contributed by atoms with E-state index in [-0.39, 0.29) is 11.9 Å². The number of benzene rings is 2. The summed E-state index contributed by atoms with van der Waals surface area (Å²) in [6.07, 6.45) is 0.359. The van der Waals surface area contributed by atoms with Gasteiger partial charge in [-0.3, -0.25) is 4.79 Å². The van der Waals surface area contributed by atoms with Gasteiger partial charge in [0, 0.05) is 32.6 Å². The standard InChI is InChI=1S/C20H23N3O2/c1-15-13-16(7-8-18(15)17-5-3-2-4-6-17)14-22-20(25)23-11-9-19(24)21-10-12-23/h2-8,13H,9-12,14H2,1H3,(H,21,24)(H,22,25). The van der Waals surface area contributed by atoms with Crippen molar-refractivity contribution >= 4 is 11.9 Å². The molecule has 2 N–H and O–H groups in total. The maximum atomic E-state index is 12.3. The highest BCUT2D eigenvalue weighted by Crippen LogP contribution is 2.23. The largest absolute Gasteiger partial charge is 0.354 e. The lowest BCUT2D eigenvalue weighted by atomic mass is 9.98. The number of carbonyl (C=O) groups excluding carboxylic acids is 2. The Balaban J connectivity index is 1.61.